The monoisotopic (exact) mass is 458 g/mol. The first-order chi connectivity index (χ1) is 14.9. The highest BCUT2D eigenvalue weighted by atomic mass is 35.5. The second kappa shape index (κ2) is 11.6. The number of carbonyl (C=O) groups is 2. The van der Waals surface area contributed by atoms with Gasteiger partial charge in [-0.2, -0.15) is 0 Å². The van der Waals surface area contributed by atoms with E-state index < -0.39 is 6.04 Å². The fourth-order valence-corrected chi connectivity index (χ4v) is 5.01. The van der Waals surface area contributed by atoms with Gasteiger partial charge in [0.05, 0.1) is 5.75 Å². The molecule has 0 bridgehead atoms. The van der Waals surface area contributed by atoms with E-state index in [-0.39, 0.29) is 17.9 Å². The molecule has 2 aromatic rings. The Morgan fingerprint density at radius 3 is 2.48 bits per heavy atom. The molecule has 1 N–H and O–H groups in total. The summed E-state index contributed by atoms with van der Waals surface area (Å²) < 4.78 is 0. The molecule has 1 atom stereocenters. The molecule has 2 aromatic carbocycles. The van der Waals surface area contributed by atoms with Gasteiger partial charge in [0.15, 0.2) is 0 Å². The molecule has 2 amide bonds. The van der Waals surface area contributed by atoms with Gasteiger partial charge in [0.2, 0.25) is 11.8 Å². The summed E-state index contributed by atoms with van der Waals surface area (Å²) in [6.45, 7) is 4.29. The number of nitrogens with zero attached hydrogens (tertiary/aromatic N) is 1. The molecule has 31 heavy (non-hydrogen) atoms. The van der Waals surface area contributed by atoms with Crippen LogP contribution in [0.4, 0.5) is 0 Å². The summed E-state index contributed by atoms with van der Waals surface area (Å²) >= 11 is 7.76. The molecule has 166 valence electrons. The van der Waals surface area contributed by atoms with Crippen LogP contribution < -0.4 is 5.32 Å². The summed E-state index contributed by atoms with van der Waals surface area (Å²) in [5.41, 5.74) is 3.21. The van der Waals surface area contributed by atoms with E-state index >= 15 is 0 Å². The summed E-state index contributed by atoms with van der Waals surface area (Å²) in [5, 5.41) is 3.85. The first-order valence-electron chi connectivity index (χ1n) is 10.9. The van der Waals surface area contributed by atoms with Crippen molar-refractivity contribution in [2.75, 3.05) is 5.75 Å². The second-order valence-electron chi connectivity index (χ2n) is 8.26. The molecule has 0 spiro atoms. The van der Waals surface area contributed by atoms with Crippen LogP contribution in [0.5, 0.6) is 0 Å². The van der Waals surface area contributed by atoms with E-state index in [1.165, 1.54) is 17.3 Å². The maximum absolute atomic E-state index is 13.2. The topological polar surface area (TPSA) is 49.4 Å². The van der Waals surface area contributed by atoms with E-state index in [9.17, 15) is 9.59 Å². The predicted molar refractivity (Wildman–Crippen MR) is 129 cm³/mol. The number of halogens is 1. The maximum atomic E-state index is 13.2. The zero-order valence-electron chi connectivity index (χ0n) is 18.3. The molecule has 0 aliphatic heterocycles. The Morgan fingerprint density at radius 1 is 1.13 bits per heavy atom. The number of aryl methyl sites for hydroxylation is 1. The molecular weight excluding hydrogens is 428 g/mol. The van der Waals surface area contributed by atoms with E-state index in [0.29, 0.717) is 23.1 Å². The van der Waals surface area contributed by atoms with Crippen LogP contribution in [0.3, 0.4) is 0 Å². The van der Waals surface area contributed by atoms with Gasteiger partial charge in [-0.3, -0.25) is 9.59 Å². The van der Waals surface area contributed by atoms with E-state index in [2.05, 4.69) is 5.32 Å². The molecule has 3 rings (SSSR count). The summed E-state index contributed by atoms with van der Waals surface area (Å²) in [6, 6.07) is 15.5. The zero-order chi connectivity index (χ0) is 22.2. The molecular formula is C25H31ClN2O2S. The van der Waals surface area contributed by atoms with Gasteiger partial charge in [0.1, 0.15) is 6.04 Å². The third-order valence-electron chi connectivity index (χ3n) is 5.78. The quantitative estimate of drug-likeness (QED) is 0.550. The standard InChI is InChI=1S/C25H31ClN2O2S/c1-18-11-13-20(14-12-18)15-28(19(2)25(30)27-22-8-4-5-9-22)24(29)17-31-16-21-7-3-6-10-23(21)26/h3,6-7,10-14,19,22H,4-5,8-9,15-17H2,1-2H3,(H,27,30). The minimum atomic E-state index is -0.518. The van der Waals surface area contributed by atoms with Crippen molar-refractivity contribution >= 4 is 35.2 Å². The molecule has 6 heteroatoms. The van der Waals surface area contributed by atoms with E-state index in [4.69, 9.17) is 11.6 Å². The average Bonchev–Trinajstić information content (AvgIpc) is 3.27. The number of thioether (sulfide) groups is 1. The fourth-order valence-electron chi connectivity index (χ4n) is 3.81. The number of rotatable bonds is 9. The van der Waals surface area contributed by atoms with Crippen molar-refractivity contribution in [3.05, 3.63) is 70.2 Å². The van der Waals surface area contributed by atoms with Crippen molar-refractivity contribution < 1.29 is 9.59 Å². The highest BCUT2D eigenvalue weighted by molar-refractivity contribution is 7.99. The van der Waals surface area contributed by atoms with Gasteiger partial charge in [-0.25, -0.2) is 0 Å². The van der Waals surface area contributed by atoms with E-state index in [1.807, 2.05) is 62.4 Å². The SMILES string of the molecule is Cc1ccc(CN(C(=O)CSCc2ccccc2Cl)C(C)C(=O)NC2CCCC2)cc1. The molecule has 1 unspecified atom stereocenters. The molecule has 0 heterocycles. The van der Waals surface area contributed by atoms with Gasteiger partial charge in [0.25, 0.3) is 0 Å². The summed E-state index contributed by atoms with van der Waals surface area (Å²) in [6.07, 6.45) is 4.37. The van der Waals surface area contributed by atoms with Crippen molar-refractivity contribution in [3.63, 3.8) is 0 Å². The van der Waals surface area contributed by atoms with E-state index in [0.717, 1.165) is 36.8 Å². The first-order valence-corrected chi connectivity index (χ1v) is 12.4. The Bertz CT molecular complexity index is 881. The lowest BCUT2D eigenvalue weighted by Gasteiger charge is -2.29. The van der Waals surface area contributed by atoms with Crippen LogP contribution in [-0.2, 0) is 21.9 Å². The van der Waals surface area contributed by atoms with Crippen LogP contribution in [0.15, 0.2) is 48.5 Å². The Labute approximate surface area is 194 Å². The minimum absolute atomic E-state index is 0.0355. The Morgan fingerprint density at radius 2 is 1.81 bits per heavy atom. The van der Waals surface area contributed by atoms with Gasteiger partial charge >= 0.3 is 0 Å². The zero-order valence-corrected chi connectivity index (χ0v) is 19.8. The van der Waals surface area contributed by atoms with Crippen LogP contribution in [0, 0.1) is 6.92 Å². The number of nitrogens with one attached hydrogen (secondary N) is 1. The fraction of sp³-hybridized carbons (Fsp3) is 0.440. The van der Waals surface area contributed by atoms with Crippen molar-refractivity contribution in [2.24, 2.45) is 0 Å². The van der Waals surface area contributed by atoms with E-state index in [1.54, 1.807) is 4.90 Å². The molecule has 0 aromatic heterocycles. The number of amides is 2. The minimum Gasteiger partial charge on any atom is -0.352 e. The van der Waals surface area contributed by atoms with Crippen molar-refractivity contribution in [3.8, 4) is 0 Å². The number of carbonyl (C=O) groups excluding carboxylic acids is 2. The van der Waals surface area contributed by atoms with Gasteiger partial charge in [0, 0.05) is 23.4 Å². The second-order valence-corrected chi connectivity index (χ2v) is 9.65. The van der Waals surface area contributed by atoms with Gasteiger partial charge in [-0.05, 0) is 43.9 Å². The van der Waals surface area contributed by atoms with Crippen molar-refractivity contribution in [1.29, 1.82) is 0 Å². The summed E-state index contributed by atoms with van der Waals surface area (Å²) in [5.74, 6) is 0.861. The first kappa shape index (κ1) is 23.7. The van der Waals surface area contributed by atoms with Gasteiger partial charge in [-0.15, -0.1) is 11.8 Å². The normalized spacial score (nSPS) is 14.9. The largest absolute Gasteiger partial charge is 0.352 e. The Balaban J connectivity index is 1.65. The molecule has 4 nitrogen and oxygen atoms in total. The highest BCUT2D eigenvalue weighted by Crippen LogP contribution is 2.22. The number of hydrogen-bond acceptors (Lipinski definition) is 3. The number of benzene rings is 2. The third-order valence-corrected chi connectivity index (χ3v) is 7.12. The molecule has 1 saturated carbocycles. The van der Waals surface area contributed by atoms with Crippen LogP contribution in [-0.4, -0.2) is 34.6 Å². The highest BCUT2D eigenvalue weighted by Gasteiger charge is 2.28. The lowest BCUT2D eigenvalue weighted by Crippen LogP contribution is -2.50. The average molecular weight is 459 g/mol. The predicted octanol–water partition coefficient (Wildman–Crippen LogP) is 5.36. The maximum Gasteiger partial charge on any atom is 0.242 e. The molecule has 0 saturated heterocycles. The Kier molecular flexibility index (Phi) is 8.85. The summed E-state index contributed by atoms with van der Waals surface area (Å²) in [7, 11) is 0. The lowest BCUT2D eigenvalue weighted by molar-refractivity contribution is -0.138. The molecule has 1 aliphatic rings. The van der Waals surface area contributed by atoms with Crippen LogP contribution in [0.2, 0.25) is 5.02 Å². The number of hydrogen-bond donors (Lipinski definition) is 1. The molecule has 1 fully saturated rings. The van der Waals surface area contributed by atoms with Crippen molar-refractivity contribution in [2.45, 2.75) is 63.9 Å². The molecule has 1 aliphatic carbocycles. The van der Waals surface area contributed by atoms with Crippen LogP contribution in [0.25, 0.3) is 0 Å². The van der Waals surface area contributed by atoms with Crippen LogP contribution >= 0.6 is 23.4 Å². The van der Waals surface area contributed by atoms with Gasteiger partial charge in [-0.1, -0.05) is 72.5 Å². The van der Waals surface area contributed by atoms with Crippen molar-refractivity contribution in [1.82, 2.24) is 10.2 Å². The van der Waals surface area contributed by atoms with Gasteiger partial charge < -0.3 is 10.2 Å². The molecule has 0 radical (unpaired) electrons. The summed E-state index contributed by atoms with van der Waals surface area (Å²) in [4.78, 5) is 27.8. The lowest BCUT2D eigenvalue weighted by atomic mass is 10.1. The Hall–Kier alpha value is -1.98. The van der Waals surface area contributed by atoms with Crippen LogP contribution in [0.1, 0.15) is 49.3 Å². The third kappa shape index (κ3) is 7.01. The smallest absolute Gasteiger partial charge is 0.242 e.